The van der Waals surface area contributed by atoms with Gasteiger partial charge in [0.05, 0.1) is 11.4 Å². The molecule has 0 aliphatic rings. The molecule has 5 rings (SSSR count). The summed E-state index contributed by atoms with van der Waals surface area (Å²) in [4.78, 5) is 23.9. The quantitative estimate of drug-likeness (QED) is 0.303. The number of amides is 1. The van der Waals surface area contributed by atoms with Gasteiger partial charge in [-0.15, -0.1) is 10.2 Å². The number of carbonyl (C=O) groups excluding carboxylic acids is 2. The molecule has 1 amide bonds. The number of anilines is 1. The maximum absolute atomic E-state index is 13.2. The number of nitrogens with zero attached hydrogens (tertiary/aromatic N) is 5. The molecule has 8 nitrogen and oxygen atoms in total. The maximum Gasteiger partial charge on any atom is 0.234 e. The Kier molecular flexibility index (Phi) is 5.35. The van der Waals surface area contributed by atoms with Gasteiger partial charge in [0.1, 0.15) is 11.3 Å². The minimum Gasteiger partial charge on any atom is -0.325 e. The van der Waals surface area contributed by atoms with Gasteiger partial charge in [0.15, 0.2) is 16.6 Å². The number of Topliss-reactive ketones (excluding diaryl/α,β-unsaturated/α-hetero) is 1. The number of hydrogen-bond donors (Lipinski definition) is 1. The lowest BCUT2D eigenvalue weighted by atomic mass is 10.1. The van der Waals surface area contributed by atoms with Gasteiger partial charge >= 0.3 is 0 Å². The summed E-state index contributed by atoms with van der Waals surface area (Å²) in [5.74, 6) is -0.471. The maximum atomic E-state index is 13.2. The van der Waals surface area contributed by atoms with Crippen LogP contribution in [0.15, 0.2) is 72.1 Å². The van der Waals surface area contributed by atoms with Crippen LogP contribution in [-0.2, 0) is 4.79 Å². The first-order valence-electron chi connectivity index (χ1n) is 10.0. The van der Waals surface area contributed by atoms with Crippen molar-refractivity contribution in [3.8, 4) is 11.3 Å². The summed E-state index contributed by atoms with van der Waals surface area (Å²) in [6.45, 7) is 1.48. The number of halogens is 1. The highest BCUT2D eigenvalue weighted by molar-refractivity contribution is 7.99. The number of benzene rings is 2. The van der Waals surface area contributed by atoms with E-state index < -0.39 is 0 Å². The van der Waals surface area contributed by atoms with Crippen LogP contribution in [0.2, 0.25) is 0 Å². The second-order valence-corrected chi connectivity index (χ2v) is 8.26. The molecule has 0 radical (unpaired) electrons. The van der Waals surface area contributed by atoms with Crippen LogP contribution in [0.4, 0.5) is 10.1 Å². The minimum atomic E-state index is -0.306. The van der Waals surface area contributed by atoms with Gasteiger partial charge in [0, 0.05) is 29.2 Å². The van der Waals surface area contributed by atoms with E-state index in [4.69, 9.17) is 0 Å². The summed E-state index contributed by atoms with van der Waals surface area (Å²) in [6, 6.07) is 14.8. The third-order valence-corrected chi connectivity index (χ3v) is 5.95. The predicted molar refractivity (Wildman–Crippen MR) is 123 cm³/mol. The van der Waals surface area contributed by atoms with Gasteiger partial charge in [-0.2, -0.15) is 5.10 Å². The Morgan fingerprint density at radius 1 is 1.06 bits per heavy atom. The van der Waals surface area contributed by atoms with E-state index in [2.05, 4.69) is 20.6 Å². The molecule has 2 aromatic carbocycles. The van der Waals surface area contributed by atoms with Gasteiger partial charge in [-0.3, -0.25) is 14.0 Å². The van der Waals surface area contributed by atoms with Crippen molar-refractivity contribution in [2.75, 3.05) is 11.1 Å². The number of hydrogen-bond acceptors (Lipinski definition) is 6. The first-order chi connectivity index (χ1) is 16.0. The van der Waals surface area contributed by atoms with Crippen LogP contribution in [0.25, 0.3) is 22.4 Å². The zero-order chi connectivity index (χ0) is 22.9. The van der Waals surface area contributed by atoms with Gasteiger partial charge < -0.3 is 5.32 Å². The third kappa shape index (κ3) is 4.20. The zero-order valence-corrected chi connectivity index (χ0v) is 18.2. The van der Waals surface area contributed by atoms with Crippen molar-refractivity contribution >= 4 is 40.3 Å². The molecule has 0 aliphatic carbocycles. The van der Waals surface area contributed by atoms with Crippen molar-refractivity contribution in [3.05, 3.63) is 78.4 Å². The Bertz CT molecular complexity index is 1510. The van der Waals surface area contributed by atoms with Gasteiger partial charge in [-0.25, -0.2) is 8.91 Å². The highest BCUT2D eigenvalue weighted by Crippen LogP contribution is 2.24. The lowest BCUT2D eigenvalue weighted by molar-refractivity contribution is -0.113. The molecule has 5 aromatic rings. The summed E-state index contributed by atoms with van der Waals surface area (Å²) >= 11 is 1.25. The second kappa shape index (κ2) is 8.47. The molecule has 0 fully saturated rings. The van der Waals surface area contributed by atoms with E-state index in [9.17, 15) is 14.0 Å². The molecule has 0 aliphatic heterocycles. The lowest BCUT2D eigenvalue weighted by Crippen LogP contribution is -2.14. The van der Waals surface area contributed by atoms with Crippen molar-refractivity contribution in [3.63, 3.8) is 0 Å². The van der Waals surface area contributed by atoms with E-state index in [1.807, 2.05) is 6.07 Å². The Hall–Kier alpha value is -4.05. The van der Waals surface area contributed by atoms with Gasteiger partial charge in [-0.05, 0) is 49.4 Å². The zero-order valence-electron chi connectivity index (χ0n) is 17.4. The van der Waals surface area contributed by atoms with E-state index in [1.54, 1.807) is 57.7 Å². The second-order valence-electron chi connectivity index (χ2n) is 7.31. The van der Waals surface area contributed by atoms with Crippen molar-refractivity contribution in [2.24, 2.45) is 0 Å². The molecule has 164 valence electrons. The van der Waals surface area contributed by atoms with Crippen LogP contribution >= 0.6 is 11.8 Å². The van der Waals surface area contributed by atoms with E-state index in [-0.39, 0.29) is 23.3 Å². The Labute approximate surface area is 191 Å². The number of fused-ring (bicyclic) bond motifs is 3. The first-order valence-corrected chi connectivity index (χ1v) is 11.0. The van der Waals surface area contributed by atoms with Crippen molar-refractivity contribution < 1.29 is 14.0 Å². The first kappa shape index (κ1) is 20.8. The summed E-state index contributed by atoms with van der Waals surface area (Å²) in [6.07, 6.45) is 3.55. The molecule has 0 saturated carbocycles. The lowest BCUT2D eigenvalue weighted by Gasteiger charge is -2.06. The molecule has 3 aromatic heterocycles. The Balaban J connectivity index is 1.34. The monoisotopic (exact) mass is 460 g/mol. The van der Waals surface area contributed by atoms with Gasteiger partial charge in [0.2, 0.25) is 5.91 Å². The number of carbonyl (C=O) groups is 2. The van der Waals surface area contributed by atoms with Crippen LogP contribution in [0.5, 0.6) is 0 Å². The summed E-state index contributed by atoms with van der Waals surface area (Å²) in [5, 5.41) is 16.4. The Morgan fingerprint density at radius 2 is 1.88 bits per heavy atom. The summed E-state index contributed by atoms with van der Waals surface area (Å²) < 4.78 is 16.7. The van der Waals surface area contributed by atoms with E-state index in [0.717, 1.165) is 11.1 Å². The van der Waals surface area contributed by atoms with Gasteiger partial charge in [0.25, 0.3) is 0 Å². The summed E-state index contributed by atoms with van der Waals surface area (Å²) in [7, 11) is 0. The molecular weight excluding hydrogens is 443 g/mol. The molecular formula is C23H17FN6O2S. The average Bonchev–Trinajstić information content (AvgIpc) is 3.42. The van der Waals surface area contributed by atoms with Gasteiger partial charge in [-0.1, -0.05) is 23.9 Å². The molecule has 10 heteroatoms. The van der Waals surface area contributed by atoms with Crippen LogP contribution in [0.3, 0.4) is 0 Å². The standard InChI is InChI=1S/C23H17FN6O2S/c1-14(31)16-3-2-4-18(11-16)25-21(32)13-33-23-27-26-22-20-12-19(15-5-7-17(24)8-6-15)28-30(20)10-9-29(22)23/h2-12H,13H2,1H3,(H,25,32). The average molecular weight is 460 g/mol. The highest BCUT2D eigenvalue weighted by atomic mass is 32.2. The largest absolute Gasteiger partial charge is 0.325 e. The molecule has 0 bridgehead atoms. The van der Waals surface area contributed by atoms with Crippen LogP contribution < -0.4 is 5.32 Å². The molecule has 3 heterocycles. The van der Waals surface area contributed by atoms with E-state index in [0.29, 0.717) is 27.7 Å². The van der Waals surface area contributed by atoms with Crippen molar-refractivity contribution in [1.29, 1.82) is 0 Å². The number of thioether (sulfide) groups is 1. The smallest absolute Gasteiger partial charge is 0.234 e. The number of rotatable bonds is 6. The normalized spacial score (nSPS) is 11.2. The molecule has 0 spiro atoms. The number of aromatic nitrogens is 5. The van der Waals surface area contributed by atoms with Crippen LogP contribution in [0.1, 0.15) is 17.3 Å². The molecule has 0 atom stereocenters. The molecule has 0 saturated heterocycles. The fourth-order valence-corrected chi connectivity index (χ4v) is 4.11. The Morgan fingerprint density at radius 3 is 2.67 bits per heavy atom. The number of ketones is 1. The molecule has 33 heavy (non-hydrogen) atoms. The van der Waals surface area contributed by atoms with E-state index in [1.165, 1.54) is 30.8 Å². The molecule has 1 N–H and O–H groups in total. The predicted octanol–water partition coefficient (Wildman–Crippen LogP) is 4.12. The highest BCUT2D eigenvalue weighted by Gasteiger charge is 2.14. The fourth-order valence-electron chi connectivity index (χ4n) is 3.39. The van der Waals surface area contributed by atoms with E-state index >= 15 is 0 Å². The SMILES string of the molecule is CC(=O)c1cccc(NC(=O)CSc2nnc3c4cc(-c5ccc(F)cc5)nn4ccn23)c1. The van der Waals surface area contributed by atoms with Crippen molar-refractivity contribution in [2.45, 2.75) is 12.1 Å². The van der Waals surface area contributed by atoms with Crippen molar-refractivity contribution in [1.82, 2.24) is 24.2 Å². The summed E-state index contributed by atoms with van der Waals surface area (Å²) in [5.41, 5.74) is 3.91. The van der Waals surface area contributed by atoms with Crippen LogP contribution in [-0.4, -0.2) is 41.7 Å². The molecule has 0 unspecified atom stereocenters. The third-order valence-electron chi connectivity index (χ3n) is 5.01. The fraction of sp³-hybridized carbons (Fsp3) is 0.0870. The number of nitrogens with one attached hydrogen (secondary N) is 1. The van der Waals surface area contributed by atoms with Crippen LogP contribution in [0, 0.1) is 5.82 Å². The minimum absolute atomic E-state index is 0.0656. The topological polar surface area (TPSA) is 93.7 Å².